The van der Waals surface area contributed by atoms with E-state index < -0.39 is 0 Å². The number of rotatable bonds is 8. The number of hydrogen-bond acceptors (Lipinski definition) is 4. The van der Waals surface area contributed by atoms with E-state index in [2.05, 4.69) is 5.32 Å². The Labute approximate surface area is 147 Å². The van der Waals surface area contributed by atoms with Crippen LogP contribution in [-0.2, 0) is 22.5 Å². The first-order valence-corrected chi connectivity index (χ1v) is 8.35. The zero-order valence-corrected chi connectivity index (χ0v) is 14.7. The van der Waals surface area contributed by atoms with Gasteiger partial charge in [0.05, 0.1) is 6.61 Å². The zero-order chi connectivity index (χ0) is 17.4. The number of carbonyl (C=O) groups is 1. The van der Waals surface area contributed by atoms with E-state index in [0.29, 0.717) is 31.0 Å². The lowest BCUT2D eigenvalue weighted by atomic mass is 10.1. The minimum Gasteiger partial charge on any atom is -0.466 e. The van der Waals surface area contributed by atoms with E-state index in [9.17, 15) is 4.79 Å². The quantitative estimate of drug-likeness (QED) is 0.721. The Hall–Kier alpha value is -2.04. The van der Waals surface area contributed by atoms with Crippen molar-refractivity contribution in [1.82, 2.24) is 5.32 Å². The molecular formula is C19H22ClNO3. The number of benzene rings is 2. The molecule has 0 saturated carbocycles. The largest absolute Gasteiger partial charge is 0.466 e. The number of ether oxygens (including phenoxy) is 2. The maximum absolute atomic E-state index is 11.5. The number of nitrogens with one attached hydrogen (secondary N) is 1. The molecule has 128 valence electrons. The molecule has 24 heavy (non-hydrogen) atoms. The monoisotopic (exact) mass is 347 g/mol. The molecule has 0 heterocycles. The average molecular weight is 348 g/mol. The van der Waals surface area contributed by atoms with Crippen molar-refractivity contribution < 1.29 is 14.3 Å². The Bertz CT molecular complexity index is 671. The van der Waals surface area contributed by atoms with Gasteiger partial charge in [0, 0.05) is 23.6 Å². The summed E-state index contributed by atoms with van der Waals surface area (Å²) in [7, 11) is 1.89. The fraction of sp³-hybridized carbons (Fsp3) is 0.316. The molecule has 2 rings (SSSR count). The maximum Gasteiger partial charge on any atom is 0.306 e. The molecule has 4 nitrogen and oxygen atoms in total. The second-order valence-corrected chi connectivity index (χ2v) is 5.77. The maximum atomic E-state index is 11.5. The van der Waals surface area contributed by atoms with Gasteiger partial charge >= 0.3 is 5.97 Å². The van der Waals surface area contributed by atoms with Crippen LogP contribution in [0.25, 0.3) is 0 Å². The molecule has 0 fully saturated rings. The summed E-state index contributed by atoms with van der Waals surface area (Å²) in [5, 5.41) is 3.80. The minimum atomic E-state index is -0.183. The van der Waals surface area contributed by atoms with Gasteiger partial charge in [-0.25, -0.2) is 0 Å². The zero-order valence-electron chi connectivity index (χ0n) is 14.0. The molecule has 0 bridgehead atoms. The van der Waals surface area contributed by atoms with E-state index in [4.69, 9.17) is 21.1 Å². The van der Waals surface area contributed by atoms with Crippen molar-refractivity contribution in [3.8, 4) is 11.5 Å². The molecule has 0 aliphatic carbocycles. The molecule has 0 aliphatic heterocycles. The first-order valence-electron chi connectivity index (χ1n) is 7.97. The van der Waals surface area contributed by atoms with Crippen LogP contribution in [0.15, 0.2) is 42.5 Å². The lowest BCUT2D eigenvalue weighted by Crippen LogP contribution is -2.08. The van der Waals surface area contributed by atoms with Crippen LogP contribution in [0, 0.1) is 0 Å². The summed E-state index contributed by atoms with van der Waals surface area (Å²) in [6.07, 6.45) is 0.981. The Morgan fingerprint density at radius 1 is 1.17 bits per heavy atom. The third kappa shape index (κ3) is 5.55. The third-order valence-corrected chi connectivity index (χ3v) is 3.72. The van der Waals surface area contributed by atoms with Crippen molar-refractivity contribution in [1.29, 1.82) is 0 Å². The molecule has 0 spiro atoms. The number of halogens is 1. The summed E-state index contributed by atoms with van der Waals surface area (Å²) in [4.78, 5) is 11.5. The molecule has 1 N–H and O–H groups in total. The first-order chi connectivity index (χ1) is 11.6. The molecule has 0 aromatic heterocycles. The van der Waals surface area contributed by atoms with Crippen LogP contribution in [0.5, 0.6) is 11.5 Å². The van der Waals surface area contributed by atoms with Gasteiger partial charge in [0.15, 0.2) is 0 Å². The first kappa shape index (κ1) is 18.3. The molecule has 0 atom stereocenters. The third-order valence-electron chi connectivity index (χ3n) is 3.46. The van der Waals surface area contributed by atoms with Crippen molar-refractivity contribution in [2.75, 3.05) is 13.7 Å². The van der Waals surface area contributed by atoms with E-state index in [1.165, 1.54) is 0 Å². The fourth-order valence-corrected chi connectivity index (χ4v) is 2.42. The molecular weight excluding hydrogens is 326 g/mol. The average Bonchev–Trinajstić information content (AvgIpc) is 2.57. The van der Waals surface area contributed by atoms with Crippen LogP contribution in [-0.4, -0.2) is 19.6 Å². The van der Waals surface area contributed by atoms with Crippen molar-refractivity contribution in [3.05, 3.63) is 58.6 Å². The predicted octanol–water partition coefficient (Wildman–Crippen LogP) is 4.35. The van der Waals surface area contributed by atoms with Gasteiger partial charge in [0.2, 0.25) is 0 Å². The second-order valence-electron chi connectivity index (χ2n) is 5.33. The SMILES string of the molecule is CCOC(=O)CCc1ccc(CNC)c(Oc2ccc(Cl)cc2)c1. The highest BCUT2D eigenvalue weighted by atomic mass is 35.5. The second kappa shape index (κ2) is 9.30. The van der Waals surface area contributed by atoms with Gasteiger partial charge in [0.1, 0.15) is 11.5 Å². The predicted molar refractivity (Wildman–Crippen MR) is 95.7 cm³/mol. The summed E-state index contributed by atoms with van der Waals surface area (Å²) in [6, 6.07) is 13.2. The molecule has 2 aromatic carbocycles. The molecule has 0 unspecified atom stereocenters. The van der Waals surface area contributed by atoms with E-state index in [1.807, 2.05) is 44.3 Å². The Balaban J connectivity index is 2.14. The van der Waals surface area contributed by atoms with Gasteiger partial charge in [-0.1, -0.05) is 23.7 Å². The van der Waals surface area contributed by atoms with Gasteiger partial charge < -0.3 is 14.8 Å². The van der Waals surface area contributed by atoms with E-state index in [1.54, 1.807) is 12.1 Å². The van der Waals surface area contributed by atoms with Crippen LogP contribution in [0.3, 0.4) is 0 Å². The van der Waals surface area contributed by atoms with Crippen LogP contribution < -0.4 is 10.1 Å². The molecule has 5 heteroatoms. The molecule has 0 aliphatic rings. The summed E-state index contributed by atoms with van der Waals surface area (Å²) in [5.41, 5.74) is 2.08. The van der Waals surface area contributed by atoms with Crippen molar-refractivity contribution in [2.45, 2.75) is 26.3 Å². The Morgan fingerprint density at radius 2 is 1.92 bits per heavy atom. The Morgan fingerprint density at radius 3 is 2.58 bits per heavy atom. The topological polar surface area (TPSA) is 47.6 Å². The highest BCUT2D eigenvalue weighted by molar-refractivity contribution is 6.30. The van der Waals surface area contributed by atoms with E-state index in [0.717, 1.165) is 22.6 Å². The molecule has 0 amide bonds. The van der Waals surface area contributed by atoms with E-state index >= 15 is 0 Å². The van der Waals surface area contributed by atoms with Gasteiger partial charge in [-0.2, -0.15) is 0 Å². The number of carbonyl (C=O) groups excluding carboxylic acids is 1. The number of hydrogen-bond donors (Lipinski definition) is 1. The van der Waals surface area contributed by atoms with Crippen molar-refractivity contribution >= 4 is 17.6 Å². The summed E-state index contributed by atoms with van der Waals surface area (Å²) in [5.74, 6) is 1.31. The van der Waals surface area contributed by atoms with Crippen molar-refractivity contribution in [3.63, 3.8) is 0 Å². The smallest absolute Gasteiger partial charge is 0.306 e. The lowest BCUT2D eigenvalue weighted by Gasteiger charge is -2.13. The number of esters is 1. The van der Waals surface area contributed by atoms with Crippen LogP contribution in [0.4, 0.5) is 0 Å². The highest BCUT2D eigenvalue weighted by Gasteiger charge is 2.09. The van der Waals surface area contributed by atoms with Gasteiger partial charge in [-0.05, 0) is 56.3 Å². The summed E-state index contributed by atoms with van der Waals surface area (Å²) in [6.45, 7) is 2.91. The van der Waals surface area contributed by atoms with Gasteiger partial charge in [-0.3, -0.25) is 4.79 Å². The van der Waals surface area contributed by atoms with Gasteiger partial charge in [-0.15, -0.1) is 0 Å². The fourth-order valence-electron chi connectivity index (χ4n) is 2.30. The lowest BCUT2D eigenvalue weighted by molar-refractivity contribution is -0.143. The molecule has 0 radical (unpaired) electrons. The number of aryl methyl sites for hydroxylation is 1. The van der Waals surface area contributed by atoms with Gasteiger partial charge in [0.25, 0.3) is 0 Å². The van der Waals surface area contributed by atoms with Crippen LogP contribution >= 0.6 is 11.6 Å². The Kier molecular flexibility index (Phi) is 7.09. The summed E-state index contributed by atoms with van der Waals surface area (Å²) >= 11 is 5.91. The highest BCUT2D eigenvalue weighted by Crippen LogP contribution is 2.28. The standard InChI is InChI=1S/C19H22ClNO3/c1-3-23-19(22)11-5-14-4-6-15(13-21-2)18(12-14)24-17-9-7-16(20)8-10-17/h4,6-10,12,21H,3,5,11,13H2,1-2H3. The van der Waals surface area contributed by atoms with Crippen LogP contribution in [0.1, 0.15) is 24.5 Å². The van der Waals surface area contributed by atoms with Crippen molar-refractivity contribution in [2.24, 2.45) is 0 Å². The van der Waals surface area contributed by atoms with E-state index in [-0.39, 0.29) is 5.97 Å². The van der Waals surface area contributed by atoms with Crippen LogP contribution in [0.2, 0.25) is 5.02 Å². The molecule has 2 aromatic rings. The normalized spacial score (nSPS) is 10.5. The minimum absolute atomic E-state index is 0.183. The summed E-state index contributed by atoms with van der Waals surface area (Å²) < 4.78 is 11.0. The molecule has 0 saturated heterocycles.